The van der Waals surface area contributed by atoms with Gasteiger partial charge in [0, 0.05) is 32.2 Å². The van der Waals surface area contributed by atoms with E-state index in [9.17, 15) is 4.79 Å². The van der Waals surface area contributed by atoms with Crippen molar-refractivity contribution in [2.24, 2.45) is 5.92 Å². The van der Waals surface area contributed by atoms with Crippen LogP contribution >= 0.6 is 11.8 Å². The normalized spacial score (nSPS) is 18.0. The minimum atomic E-state index is 0.0773. The van der Waals surface area contributed by atoms with Crippen molar-refractivity contribution >= 4 is 23.6 Å². The lowest BCUT2D eigenvalue weighted by Gasteiger charge is -2.31. The number of nitrogens with zero attached hydrogens (tertiary/aromatic N) is 5. The molecule has 1 aliphatic heterocycles. The average molecular weight is 376 g/mol. The Hall–Kier alpha value is -1.76. The monoisotopic (exact) mass is 375 g/mol. The summed E-state index contributed by atoms with van der Waals surface area (Å²) in [6.45, 7) is 12.9. The van der Waals surface area contributed by atoms with Gasteiger partial charge in [-0.1, -0.05) is 30.8 Å². The molecule has 2 aliphatic rings. The van der Waals surface area contributed by atoms with Crippen LogP contribution in [0.4, 0.5) is 5.95 Å². The van der Waals surface area contributed by atoms with Crippen molar-refractivity contribution in [2.75, 3.05) is 36.8 Å². The molecule has 1 aromatic rings. The summed E-state index contributed by atoms with van der Waals surface area (Å²) in [5, 5.41) is 9.77. The summed E-state index contributed by atoms with van der Waals surface area (Å²) in [6, 6.07) is 0.495. The van der Waals surface area contributed by atoms with Crippen molar-refractivity contribution in [3.05, 3.63) is 25.3 Å². The molecule has 1 saturated heterocycles. The summed E-state index contributed by atoms with van der Waals surface area (Å²) in [4.78, 5) is 16.6. The van der Waals surface area contributed by atoms with Gasteiger partial charge in [-0.3, -0.25) is 9.36 Å². The van der Waals surface area contributed by atoms with E-state index in [1.165, 1.54) is 37.4 Å². The fraction of sp³-hybridized carbons (Fsp3) is 0.632. The van der Waals surface area contributed by atoms with Gasteiger partial charge in [0.2, 0.25) is 11.9 Å². The first-order chi connectivity index (χ1) is 12.6. The zero-order valence-corrected chi connectivity index (χ0v) is 16.5. The van der Waals surface area contributed by atoms with Crippen LogP contribution in [0.2, 0.25) is 0 Å². The number of aromatic nitrogens is 3. The van der Waals surface area contributed by atoms with Crippen molar-refractivity contribution in [3.8, 4) is 0 Å². The summed E-state index contributed by atoms with van der Waals surface area (Å²) in [5.41, 5.74) is 0. The standard InChI is InChI=1S/C19H29N5OS/c1-4-10-22(11-5-2)17(25)14-26-19-21-20-18(24(19)16-6-7-16)23-12-8-15(3)9-13-23/h4-5,15-16H,1-2,6-14H2,3H3. The number of hydrogen-bond donors (Lipinski definition) is 0. The van der Waals surface area contributed by atoms with E-state index in [1.54, 1.807) is 17.1 Å². The predicted molar refractivity (Wildman–Crippen MR) is 107 cm³/mol. The van der Waals surface area contributed by atoms with Crippen LogP contribution in [0.5, 0.6) is 0 Å². The molecule has 2 heterocycles. The quantitative estimate of drug-likeness (QED) is 0.490. The van der Waals surface area contributed by atoms with Crippen molar-refractivity contribution in [2.45, 2.75) is 43.8 Å². The molecule has 1 amide bonds. The largest absolute Gasteiger partial charge is 0.341 e. The molecule has 6 nitrogen and oxygen atoms in total. The third-order valence-corrected chi connectivity index (χ3v) is 5.93. The van der Waals surface area contributed by atoms with E-state index in [-0.39, 0.29) is 5.91 Å². The van der Waals surface area contributed by atoms with Crippen LogP contribution in [-0.2, 0) is 4.79 Å². The SMILES string of the molecule is C=CCN(CC=C)C(=O)CSc1nnc(N2CCC(C)CC2)n1C1CC1. The highest BCUT2D eigenvalue weighted by atomic mass is 32.2. The summed E-state index contributed by atoms with van der Waals surface area (Å²) in [5.74, 6) is 2.22. The van der Waals surface area contributed by atoms with Gasteiger partial charge in [0.15, 0.2) is 5.16 Å². The molecule has 1 saturated carbocycles. The fourth-order valence-corrected chi connectivity index (χ4v) is 4.16. The van der Waals surface area contributed by atoms with Crippen LogP contribution in [0, 0.1) is 5.92 Å². The number of thioether (sulfide) groups is 1. The Balaban J connectivity index is 1.67. The molecule has 0 atom stereocenters. The molecule has 0 radical (unpaired) electrons. The Bertz CT molecular complexity index is 636. The fourth-order valence-electron chi connectivity index (χ4n) is 3.25. The lowest BCUT2D eigenvalue weighted by Crippen LogP contribution is -2.35. The summed E-state index contributed by atoms with van der Waals surface area (Å²) in [7, 11) is 0. The molecule has 1 aromatic heterocycles. The van der Waals surface area contributed by atoms with E-state index in [0.717, 1.165) is 30.1 Å². The van der Waals surface area contributed by atoms with Gasteiger partial charge < -0.3 is 9.80 Å². The van der Waals surface area contributed by atoms with Crippen molar-refractivity contribution in [1.29, 1.82) is 0 Å². The molecular formula is C19H29N5OS. The van der Waals surface area contributed by atoms with Crippen LogP contribution < -0.4 is 4.90 Å². The van der Waals surface area contributed by atoms with E-state index in [2.05, 4.69) is 39.7 Å². The van der Waals surface area contributed by atoms with Gasteiger partial charge in [-0.25, -0.2) is 0 Å². The Labute approximate surface area is 160 Å². The average Bonchev–Trinajstić information content (AvgIpc) is 3.39. The third kappa shape index (κ3) is 4.50. The summed E-state index contributed by atoms with van der Waals surface area (Å²) >= 11 is 1.49. The number of amides is 1. The number of hydrogen-bond acceptors (Lipinski definition) is 5. The van der Waals surface area contributed by atoms with Crippen molar-refractivity contribution in [3.63, 3.8) is 0 Å². The highest BCUT2D eigenvalue weighted by molar-refractivity contribution is 7.99. The number of anilines is 1. The highest BCUT2D eigenvalue weighted by Crippen LogP contribution is 2.41. The first-order valence-electron chi connectivity index (χ1n) is 9.46. The molecule has 3 rings (SSSR count). The second kappa shape index (κ2) is 8.75. The van der Waals surface area contributed by atoms with E-state index >= 15 is 0 Å². The van der Waals surface area contributed by atoms with Crippen LogP contribution in [0.1, 0.15) is 38.6 Å². The maximum Gasteiger partial charge on any atom is 0.233 e. The van der Waals surface area contributed by atoms with Crippen LogP contribution in [0.3, 0.4) is 0 Å². The van der Waals surface area contributed by atoms with Gasteiger partial charge in [0.1, 0.15) is 0 Å². The van der Waals surface area contributed by atoms with Crippen LogP contribution in [0.15, 0.2) is 30.5 Å². The van der Waals surface area contributed by atoms with Gasteiger partial charge >= 0.3 is 0 Å². The summed E-state index contributed by atoms with van der Waals surface area (Å²) in [6.07, 6.45) is 8.25. The van der Waals surface area contributed by atoms with Gasteiger partial charge in [0.05, 0.1) is 5.75 Å². The lowest BCUT2D eigenvalue weighted by molar-refractivity contribution is -0.127. The number of piperidine rings is 1. The molecule has 0 aromatic carbocycles. The Morgan fingerprint density at radius 3 is 2.42 bits per heavy atom. The maximum absolute atomic E-state index is 12.5. The molecule has 2 fully saturated rings. The Kier molecular flexibility index (Phi) is 6.40. The molecule has 0 bridgehead atoms. The van der Waals surface area contributed by atoms with Crippen molar-refractivity contribution in [1.82, 2.24) is 19.7 Å². The number of rotatable bonds is 9. The topological polar surface area (TPSA) is 54.3 Å². The van der Waals surface area contributed by atoms with E-state index in [0.29, 0.717) is 24.9 Å². The van der Waals surface area contributed by atoms with E-state index in [4.69, 9.17) is 0 Å². The van der Waals surface area contributed by atoms with Crippen molar-refractivity contribution < 1.29 is 4.79 Å². The Morgan fingerprint density at radius 1 is 1.19 bits per heavy atom. The second-order valence-corrected chi connectivity index (χ2v) is 8.16. The Morgan fingerprint density at radius 2 is 1.85 bits per heavy atom. The maximum atomic E-state index is 12.5. The number of carbonyl (C=O) groups is 1. The smallest absolute Gasteiger partial charge is 0.233 e. The second-order valence-electron chi connectivity index (χ2n) is 7.22. The molecule has 0 N–H and O–H groups in total. The summed E-state index contributed by atoms with van der Waals surface area (Å²) < 4.78 is 2.26. The van der Waals surface area contributed by atoms with Gasteiger partial charge in [0.25, 0.3) is 0 Å². The molecule has 0 spiro atoms. The van der Waals surface area contributed by atoms with E-state index < -0.39 is 0 Å². The molecular weight excluding hydrogens is 346 g/mol. The van der Waals surface area contributed by atoms with E-state index in [1.807, 2.05) is 0 Å². The molecule has 7 heteroatoms. The minimum absolute atomic E-state index is 0.0773. The molecule has 0 unspecified atom stereocenters. The number of carbonyl (C=O) groups excluding carboxylic acids is 1. The van der Waals surface area contributed by atoms with Crippen LogP contribution in [0.25, 0.3) is 0 Å². The molecule has 142 valence electrons. The first-order valence-corrected chi connectivity index (χ1v) is 10.4. The van der Waals surface area contributed by atoms with Gasteiger partial charge in [-0.15, -0.1) is 23.4 Å². The molecule has 26 heavy (non-hydrogen) atoms. The van der Waals surface area contributed by atoms with Gasteiger partial charge in [-0.2, -0.15) is 0 Å². The minimum Gasteiger partial charge on any atom is -0.341 e. The highest BCUT2D eigenvalue weighted by Gasteiger charge is 2.32. The zero-order valence-electron chi connectivity index (χ0n) is 15.6. The molecule has 1 aliphatic carbocycles. The van der Waals surface area contributed by atoms with Crippen LogP contribution in [-0.4, -0.2) is 57.5 Å². The predicted octanol–water partition coefficient (Wildman–Crippen LogP) is 3.14. The zero-order chi connectivity index (χ0) is 18.5. The van der Waals surface area contributed by atoms with Gasteiger partial charge in [-0.05, 0) is 31.6 Å². The first kappa shape index (κ1) is 19.0. The third-order valence-electron chi connectivity index (χ3n) is 5.00. The lowest BCUT2D eigenvalue weighted by atomic mass is 10.00.